The van der Waals surface area contributed by atoms with Crippen LogP contribution in [0.25, 0.3) is 10.8 Å². The molecule has 1 aromatic heterocycles. The minimum absolute atomic E-state index is 0.0680. The van der Waals surface area contributed by atoms with Crippen molar-refractivity contribution in [1.82, 2.24) is 9.88 Å². The lowest BCUT2D eigenvalue weighted by Gasteiger charge is -2.31. The normalized spacial score (nSPS) is 15.4. The zero-order valence-corrected chi connectivity index (χ0v) is 16.6. The Hall–Kier alpha value is -2.94. The number of carbonyl (C=O) groups excluding carboxylic acids is 2. The van der Waals surface area contributed by atoms with Crippen LogP contribution in [0.4, 0.5) is 18.3 Å². The van der Waals surface area contributed by atoms with Crippen molar-refractivity contribution in [3.63, 3.8) is 0 Å². The van der Waals surface area contributed by atoms with Crippen LogP contribution in [0, 0.1) is 5.92 Å². The molecular formula is C21H18F3N3O2S. The SMILES string of the molecule is O=C(Nc1nc(C(F)(F)F)cs1)C1CCN(C(=O)c2cccc3ccccc23)CC1. The summed E-state index contributed by atoms with van der Waals surface area (Å²) < 4.78 is 37.9. The maximum absolute atomic E-state index is 13.0. The second-order valence-corrected chi connectivity index (χ2v) is 7.98. The third-order valence-electron chi connectivity index (χ3n) is 5.20. The number of halogens is 3. The summed E-state index contributed by atoms with van der Waals surface area (Å²) in [4.78, 5) is 30.6. The predicted molar refractivity (Wildman–Crippen MR) is 108 cm³/mol. The molecule has 9 heteroatoms. The Morgan fingerprint density at radius 2 is 1.77 bits per heavy atom. The number of thiazole rings is 1. The molecule has 1 saturated heterocycles. The molecule has 0 bridgehead atoms. The number of anilines is 1. The van der Waals surface area contributed by atoms with E-state index in [1.165, 1.54) is 0 Å². The molecule has 0 atom stereocenters. The molecule has 1 N–H and O–H groups in total. The molecule has 0 radical (unpaired) electrons. The fourth-order valence-corrected chi connectivity index (χ4v) is 4.32. The van der Waals surface area contributed by atoms with Gasteiger partial charge in [0.25, 0.3) is 5.91 Å². The predicted octanol–water partition coefficient (Wildman–Crippen LogP) is 4.81. The van der Waals surface area contributed by atoms with E-state index in [0.717, 1.165) is 27.5 Å². The van der Waals surface area contributed by atoms with Gasteiger partial charge < -0.3 is 10.2 Å². The van der Waals surface area contributed by atoms with Crippen LogP contribution in [0.3, 0.4) is 0 Å². The first-order valence-electron chi connectivity index (χ1n) is 9.43. The number of carbonyl (C=O) groups is 2. The molecule has 3 aromatic rings. The van der Waals surface area contributed by atoms with Crippen LogP contribution >= 0.6 is 11.3 Å². The zero-order chi connectivity index (χ0) is 21.3. The van der Waals surface area contributed by atoms with Crippen LogP contribution < -0.4 is 5.32 Å². The average Bonchev–Trinajstić information content (AvgIpc) is 3.22. The number of hydrogen-bond donors (Lipinski definition) is 1. The van der Waals surface area contributed by atoms with E-state index in [1.54, 1.807) is 11.0 Å². The number of nitrogens with one attached hydrogen (secondary N) is 1. The largest absolute Gasteiger partial charge is 0.434 e. The fourth-order valence-electron chi connectivity index (χ4n) is 3.60. The Kier molecular flexibility index (Phi) is 5.46. The highest BCUT2D eigenvalue weighted by Gasteiger charge is 2.34. The first-order chi connectivity index (χ1) is 14.3. The van der Waals surface area contributed by atoms with Gasteiger partial charge in [0.1, 0.15) is 0 Å². The summed E-state index contributed by atoms with van der Waals surface area (Å²) in [5.74, 6) is -0.824. The van der Waals surface area contributed by atoms with Crippen molar-refractivity contribution >= 4 is 39.1 Å². The van der Waals surface area contributed by atoms with Gasteiger partial charge in [0.15, 0.2) is 10.8 Å². The van der Waals surface area contributed by atoms with Gasteiger partial charge in [-0.25, -0.2) is 4.98 Å². The highest BCUT2D eigenvalue weighted by molar-refractivity contribution is 7.13. The van der Waals surface area contributed by atoms with Crippen LogP contribution in [0.2, 0.25) is 0 Å². The lowest BCUT2D eigenvalue weighted by molar-refractivity contribution is -0.140. The molecule has 5 nitrogen and oxygen atoms in total. The van der Waals surface area contributed by atoms with Crippen molar-refractivity contribution in [3.8, 4) is 0 Å². The Morgan fingerprint density at radius 3 is 2.47 bits per heavy atom. The maximum atomic E-state index is 13.0. The highest BCUT2D eigenvalue weighted by atomic mass is 32.1. The van der Waals surface area contributed by atoms with Crippen LogP contribution in [0.1, 0.15) is 28.9 Å². The average molecular weight is 433 g/mol. The van der Waals surface area contributed by atoms with Crippen LogP contribution in [-0.2, 0) is 11.0 Å². The molecule has 1 aliphatic heterocycles. The van der Waals surface area contributed by atoms with Crippen molar-refractivity contribution in [2.75, 3.05) is 18.4 Å². The fraction of sp³-hybridized carbons (Fsp3) is 0.286. The summed E-state index contributed by atoms with van der Waals surface area (Å²) in [6, 6.07) is 13.3. The van der Waals surface area contributed by atoms with Gasteiger partial charge in [-0.05, 0) is 29.7 Å². The number of fused-ring (bicyclic) bond motifs is 1. The molecule has 0 spiro atoms. The number of alkyl halides is 3. The minimum atomic E-state index is -4.53. The number of likely N-dealkylation sites (tertiary alicyclic amines) is 1. The Bertz CT molecular complexity index is 1080. The number of benzene rings is 2. The van der Waals surface area contributed by atoms with E-state index in [1.807, 2.05) is 36.4 Å². The van der Waals surface area contributed by atoms with Gasteiger partial charge in [-0.3, -0.25) is 9.59 Å². The van der Waals surface area contributed by atoms with E-state index < -0.39 is 11.9 Å². The van der Waals surface area contributed by atoms with Crippen LogP contribution in [-0.4, -0.2) is 34.8 Å². The summed E-state index contributed by atoms with van der Waals surface area (Å²) in [5, 5.41) is 5.15. The lowest BCUT2D eigenvalue weighted by atomic mass is 9.95. The minimum Gasteiger partial charge on any atom is -0.339 e. The van der Waals surface area contributed by atoms with Gasteiger partial charge >= 0.3 is 6.18 Å². The van der Waals surface area contributed by atoms with Gasteiger partial charge in [0.05, 0.1) is 0 Å². The quantitative estimate of drug-likeness (QED) is 0.645. The molecule has 1 fully saturated rings. The summed E-state index contributed by atoms with van der Waals surface area (Å²) in [5.41, 5.74) is -0.392. The lowest BCUT2D eigenvalue weighted by Crippen LogP contribution is -2.41. The number of amides is 2. The summed E-state index contributed by atoms with van der Waals surface area (Å²) in [7, 11) is 0. The molecular weight excluding hydrogens is 415 g/mol. The number of nitrogens with zero attached hydrogens (tertiary/aromatic N) is 2. The Balaban J connectivity index is 1.38. The second-order valence-electron chi connectivity index (χ2n) is 7.12. The molecule has 1 aliphatic rings. The molecule has 4 rings (SSSR count). The van der Waals surface area contributed by atoms with E-state index in [2.05, 4.69) is 10.3 Å². The van der Waals surface area contributed by atoms with Gasteiger partial charge in [-0.1, -0.05) is 36.4 Å². The number of piperidine rings is 1. The Labute approximate surface area is 174 Å². The van der Waals surface area contributed by atoms with E-state index in [9.17, 15) is 22.8 Å². The molecule has 0 unspecified atom stereocenters. The standard InChI is InChI=1S/C21H18F3N3O2S/c22-21(23,24)17-12-30-20(25-17)26-18(28)14-8-10-27(11-9-14)19(29)16-7-3-5-13-4-1-2-6-15(13)16/h1-7,12,14H,8-11H2,(H,25,26,28). The van der Waals surface area contributed by atoms with Crippen molar-refractivity contribution in [2.24, 2.45) is 5.92 Å². The van der Waals surface area contributed by atoms with Gasteiger partial charge in [0, 0.05) is 30.0 Å². The van der Waals surface area contributed by atoms with Gasteiger partial charge in [-0.2, -0.15) is 13.2 Å². The van der Waals surface area contributed by atoms with Gasteiger partial charge in [0.2, 0.25) is 5.91 Å². The first kappa shape index (κ1) is 20.3. The Morgan fingerprint density at radius 1 is 1.07 bits per heavy atom. The van der Waals surface area contributed by atoms with E-state index in [-0.39, 0.29) is 22.9 Å². The van der Waals surface area contributed by atoms with Gasteiger partial charge in [-0.15, -0.1) is 11.3 Å². The zero-order valence-electron chi connectivity index (χ0n) is 15.8. The van der Waals surface area contributed by atoms with E-state index in [4.69, 9.17) is 0 Å². The van der Waals surface area contributed by atoms with Crippen LogP contribution in [0.5, 0.6) is 0 Å². The smallest absolute Gasteiger partial charge is 0.339 e. The third-order valence-corrected chi connectivity index (χ3v) is 5.96. The van der Waals surface area contributed by atoms with Crippen LogP contribution in [0.15, 0.2) is 47.8 Å². The van der Waals surface area contributed by atoms with E-state index >= 15 is 0 Å². The van der Waals surface area contributed by atoms with Crippen molar-refractivity contribution in [3.05, 3.63) is 59.1 Å². The van der Waals surface area contributed by atoms with Crippen molar-refractivity contribution in [2.45, 2.75) is 19.0 Å². The summed E-state index contributed by atoms with van der Waals surface area (Å²) in [6.45, 7) is 0.817. The third kappa shape index (κ3) is 4.16. The summed E-state index contributed by atoms with van der Waals surface area (Å²) in [6.07, 6.45) is -3.65. The summed E-state index contributed by atoms with van der Waals surface area (Å²) >= 11 is 0.745. The van der Waals surface area contributed by atoms with Crippen molar-refractivity contribution in [1.29, 1.82) is 0 Å². The molecule has 2 aromatic carbocycles. The molecule has 0 aliphatic carbocycles. The molecule has 0 saturated carbocycles. The molecule has 30 heavy (non-hydrogen) atoms. The monoisotopic (exact) mass is 433 g/mol. The first-order valence-corrected chi connectivity index (χ1v) is 10.3. The second kappa shape index (κ2) is 8.06. The number of aromatic nitrogens is 1. The number of hydrogen-bond acceptors (Lipinski definition) is 4. The maximum Gasteiger partial charge on any atom is 0.434 e. The molecule has 2 heterocycles. The highest BCUT2D eigenvalue weighted by Crippen LogP contribution is 2.32. The van der Waals surface area contributed by atoms with Crippen molar-refractivity contribution < 1.29 is 22.8 Å². The topological polar surface area (TPSA) is 62.3 Å². The number of rotatable bonds is 3. The van der Waals surface area contributed by atoms with E-state index in [0.29, 0.717) is 31.5 Å². The molecule has 2 amide bonds. The molecule has 156 valence electrons.